The fourth-order valence-corrected chi connectivity index (χ4v) is 2.56. The number of hydrogen-bond acceptors (Lipinski definition) is 3. The summed E-state index contributed by atoms with van der Waals surface area (Å²) in [6.45, 7) is 11.0. The molecule has 1 rings (SSSR count). The molecule has 0 aliphatic heterocycles. The molecule has 0 atom stereocenters. The smallest absolute Gasteiger partial charge is 0.242 e. The van der Waals surface area contributed by atoms with Gasteiger partial charge >= 0.3 is 0 Å². The Kier molecular flexibility index (Phi) is 8.16. The van der Waals surface area contributed by atoms with Crippen LogP contribution in [0, 0.1) is 0 Å². The first-order valence-electron chi connectivity index (χ1n) is 8.42. The number of nitrogens with zero attached hydrogens (tertiary/aromatic N) is 3. The summed E-state index contributed by atoms with van der Waals surface area (Å²) in [5.41, 5.74) is 0.897. The zero-order valence-electron chi connectivity index (χ0n) is 14.8. The van der Waals surface area contributed by atoms with Gasteiger partial charge in [0.1, 0.15) is 0 Å². The maximum absolute atomic E-state index is 12.4. The molecular formula is C18H29N3O2. The zero-order chi connectivity index (χ0) is 17.2. The highest BCUT2D eigenvalue weighted by molar-refractivity contribution is 5.86. The van der Waals surface area contributed by atoms with Gasteiger partial charge in [-0.2, -0.15) is 0 Å². The number of amides is 2. The molecule has 0 N–H and O–H groups in total. The van der Waals surface area contributed by atoms with Crippen LogP contribution in [0.4, 0.5) is 5.69 Å². The molecule has 5 heteroatoms. The third-order valence-electron chi connectivity index (χ3n) is 4.01. The van der Waals surface area contributed by atoms with Crippen molar-refractivity contribution in [1.82, 2.24) is 9.80 Å². The number of para-hydroxylation sites is 1. The lowest BCUT2D eigenvalue weighted by atomic mass is 10.2. The first-order chi connectivity index (χ1) is 11.1. The van der Waals surface area contributed by atoms with Gasteiger partial charge in [-0.05, 0) is 39.8 Å². The molecule has 0 aromatic heterocycles. The van der Waals surface area contributed by atoms with Crippen LogP contribution < -0.4 is 4.90 Å². The number of carbonyl (C=O) groups is 2. The van der Waals surface area contributed by atoms with Gasteiger partial charge in [-0.25, -0.2) is 0 Å². The van der Waals surface area contributed by atoms with Crippen molar-refractivity contribution >= 4 is 17.5 Å². The van der Waals surface area contributed by atoms with Gasteiger partial charge in [0.15, 0.2) is 0 Å². The Balaban J connectivity index is 2.90. The maximum atomic E-state index is 12.4. The minimum Gasteiger partial charge on any atom is -0.353 e. The van der Waals surface area contributed by atoms with Crippen LogP contribution in [-0.2, 0) is 9.59 Å². The van der Waals surface area contributed by atoms with Crippen LogP contribution in [-0.4, -0.2) is 60.9 Å². The topological polar surface area (TPSA) is 43.9 Å². The van der Waals surface area contributed by atoms with Crippen molar-refractivity contribution in [3.05, 3.63) is 30.3 Å². The molecule has 23 heavy (non-hydrogen) atoms. The lowest BCUT2D eigenvalue weighted by molar-refractivity contribution is -0.130. The van der Waals surface area contributed by atoms with Crippen molar-refractivity contribution in [2.75, 3.05) is 44.2 Å². The molecule has 0 fully saturated rings. The normalized spacial score (nSPS) is 10.3. The quantitative estimate of drug-likeness (QED) is 0.701. The number of rotatable bonds is 9. The average molecular weight is 319 g/mol. The Bertz CT molecular complexity index is 456. The molecule has 0 aliphatic rings. The van der Waals surface area contributed by atoms with Crippen molar-refractivity contribution in [2.24, 2.45) is 0 Å². The Morgan fingerprint density at radius 2 is 1.13 bits per heavy atom. The predicted molar refractivity (Wildman–Crippen MR) is 94.5 cm³/mol. The molecule has 2 amide bonds. The van der Waals surface area contributed by atoms with Crippen LogP contribution in [0.2, 0.25) is 0 Å². The van der Waals surface area contributed by atoms with Gasteiger partial charge in [0.2, 0.25) is 11.8 Å². The average Bonchev–Trinajstić information content (AvgIpc) is 2.57. The second-order valence-electron chi connectivity index (χ2n) is 5.32. The summed E-state index contributed by atoms with van der Waals surface area (Å²) >= 11 is 0. The van der Waals surface area contributed by atoms with E-state index in [9.17, 15) is 9.59 Å². The second-order valence-corrected chi connectivity index (χ2v) is 5.32. The van der Waals surface area contributed by atoms with Crippen molar-refractivity contribution < 1.29 is 9.59 Å². The van der Waals surface area contributed by atoms with Gasteiger partial charge in [-0.15, -0.1) is 0 Å². The van der Waals surface area contributed by atoms with Crippen molar-refractivity contribution in [2.45, 2.75) is 27.7 Å². The summed E-state index contributed by atoms with van der Waals surface area (Å²) in [5, 5.41) is 0. The van der Waals surface area contributed by atoms with E-state index in [1.54, 1.807) is 9.80 Å². The predicted octanol–water partition coefficient (Wildman–Crippen LogP) is 2.23. The molecule has 0 heterocycles. The van der Waals surface area contributed by atoms with Crippen LogP contribution >= 0.6 is 0 Å². The summed E-state index contributed by atoms with van der Waals surface area (Å²) in [6, 6.07) is 9.65. The van der Waals surface area contributed by atoms with E-state index in [4.69, 9.17) is 0 Å². The van der Waals surface area contributed by atoms with Gasteiger partial charge in [-0.1, -0.05) is 18.2 Å². The highest BCUT2D eigenvalue weighted by Gasteiger charge is 2.20. The second kappa shape index (κ2) is 9.87. The SMILES string of the molecule is CCN(CC)C(=O)CN(CC(=O)N(CC)CC)c1ccccc1. The van der Waals surface area contributed by atoms with Gasteiger partial charge in [0.25, 0.3) is 0 Å². The zero-order valence-corrected chi connectivity index (χ0v) is 14.8. The standard InChI is InChI=1S/C18H29N3O2/c1-5-19(6-2)17(22)14-21(16-12-10-9-11-13-16)15-18(23)20(7-3)8-4/h9-13H,5-8,14-15H2,1-4H3. The van der Waals surface area contributed by atoms with Crippen molar-refractivity contribution in [3.8, 4) is 0 Å². The molecule has 0 aliphatic carbocycles. The summed E-state index contributed by atoms with van der Waals surface area (Å²) in [5.74, 6) is 0.0948. The molecule has 0 unspecified atom stereocenters. The molecular weight excluding hydrogens is 290 g/mol. The molecule has 0 spiro atoms. The molecule has 5 nitrogen and oxygen atoms in total. The Morgan fingerprint density at radius 1 is 0.739 bits per heavy atom. The molecule has 0 saturated carbocycles. The highest BCUT2D eigenvalue weighted by Crippen LogP contribution is 2.14. The molecule has 0 saturated heterocycles. The first kappa shape index (κ1) is 19.0. The third kappa shape index (κ3) is 5.58. The van der Waals surface area contributed by atoms with Gasteiger partial charge in [0, 0.05) is 31.9 Å². The van der Waals surface area contributed by atoms with E-state index < -0.39 is 0 Å². The molecule has 1 aromatic rings. The van der Waals surface area contributed by atoms with Crippen LogP contribution in [0.5, 0.6) is 0 Å². The number of carbonyl (C=O) groups excluding carboxylic acids is 2. The van der Waals surface area contributed by atoms with Crippen LogP contribution in [0.25, 0.3) is 0 Å². The molecule has 1 aromatic carbocycles. The molecule has 128 valence electrons. The van der Waals surface area contributed by atoms with Crippen molar-refractivity contribution in [3.63, 3.8) is 0 Å². The summed E-state index contributed by atoms with van der Waals surface area (Å²) < 4.78 is 0. The maximum Gasteiger partial charge on any atom is 0.242 e. The lowest BCUT2D eigenvalue weighted by Gasteiger charge is -2.29. The summed E-state index contributed by atoms with van der Waals surface area (Å²) in [7, 11) is 0. The van der Waals surface area contributed by atoms with E-state index in [1.165, 1.54) is 0 Å². The minimum atomic E-state index is 0.0474. The largest absolute Gasteiger partial charge is 0.353 e. The van der Waals surface area contributed by atoms with E-state index >= 15 is 0 Å². The van der Waals surface area contributed by atoms with E-state index in [-0.39, 0.29) is 24.9 Å². The Hall–Kier alpha value is -2.04. The first-order valence-corrected chi connectivity index (χ1v) is 8.42. The van der Waals surface area contributed by atoms with E-state index in [1.807, 2.05) is 62.9 Å². The number of hydrogen-bond donors (Lipinski definition) is 0. The van der Waals surface area contributed by atoms with Crippen LogP contribution in [0.1, 0.15) is 27.7 Å². The lowest BCUT2D eigenvalue weighted by Crippen LogP contribution is -2.45. The Morgan fingerprint density at radius 3 is 1.48 bits per heavy atom. The fourth-order valence-electron chi connectivity index (χ4n) is 2.56. The fraction of sp³-hybridized carbons (Fsp3) is 0.556. The molecule has 0 bridgehead atoms. The minimum absolute atomic E-state index is 0.0474. The summed E-state index contributed by atoms with van der Waals surface area (Å²) in [6.07, 6.45) is 0. The third-order valence-corrected chi connectivity index (χ3v) is 4.01. The van der Waals surface area contributed by atoms with Crippen LogP contribution in [0.15, 0.2) is 30.3 Å². The number of anilines is 1. The highest BCUT2D eigenvalue weighted by atomic mass is 16.2. The van der Waals surface area contributed by atoms with E-state index in [0.29, 0.717) is 26.2 Å². The Labute approximate surface area is 139 Å². The summed E-state index contributed by atoms with van der Waals surface area (Å²) in [4.78, 5) is 30.3. The van der Waals surface area contributed by atoms with Crippen LogP contribution in [0.3, 0.4) is 0 Å². The van der Waals surface area contributed by atoms with E-state index in [2.05, 4.69) is 0 Å². The van der Waals surface area contributed by atoms with Gasteiger partial charge < -0.3 is 14.7 Å². The van der Waals surface area contributed by atoms with Crippen molar-refractivity contribution in [1.29, 1.82) is 0 Å². The molecule has 0 radical (unpaired) electrons. The van der Waals surface area contributed by atoms with Gasteiger partial charge in [-0.3, -0.25) is 9.59 Å². The number of likely N-dealkylation sites (N-methyl/N-ethyl adjacent to an activating group) is 2. The number of benzene rings is 1. The van der Waals surface area contributed by atoms with Gasteiger partial charge in [0.05, 0.1) is 13.1 Å². The van der Waals surface area contributed by atoms with E-state index in [0.717, 1.165) is 5.69 Å². The monoisotopic (exact) mass is 319 g/mol.